The molecule has 2 fully saturated rings. The summed E-state index contributed by atoms with van der Waals surface area (Å²) in [5, 5.41) is 19.4. The van der Waals surface area contributed by atoms with Gasteiger partial charge >= 0.3 is 11.9 Å². The normalized spacial score (nSPS) is 17.3. The van der Waals surface area contributed by atoms with Gasteiger partial charge in [0.2, 0.25) is 5.52 Å². The fourth-order valence-electron chi connectivity index (χ4n) is 4.83. The number of anilines is 3. The number of piperidine rings is 1. The van der Waals surface area contributed by atoms with E-state index in [4.69, 9.17) is 16.2 Å². The first-order valence-electron chi connectivity index (χ1n) is 11.3. The van der Waals surface area contributed by atoms with Crippen molar-refractivity contribution in [3.8, 4) is 0 Å². The smallest absolute Gasteiger partial charge is 0.368 e. The van der Waals surface area contributed by atoms with Crippen LogP contribution in [0.4, 0.5) is 35.9 Å². The van der Waals surface area contributed by atoms with Crippen molar-refractivity contribution in [1.82, 2.24) is 10.3 Å². The molecule has 0 amide bonds. The first-order valence-corrected chi connectivity index (χ1v) is 11.7. The van der Waals surface area contributed by atoms with E-state index in [1.165, 1.54) is 6.07 Å². The van der Waals surface area contributed by atoms with Gasteiger partial charge in [-0.3, -0.25) is 10.1 Å². The van der Waals surface area contributed by atoms with E-state index in [0.717, 1.165) is 25.3 Å². The van der Waals surface area contributed by atoms with Crippen LogP contribution >= 0.6 is 11.6 Å². The minimum atomic E-state index is -4.54. The van der Waals surface area contributed by atoms with E-state index in [9.17, 15) is 23.3 Å². The van der Waals surface area contributed by atoms with Crippen LogP contribution in [-0.4, -0.2) is 54.5 Å². The zero-order valence-corrected chi connectivity index (χ0v) is 19.3. The minimum Gasteiger partial charge on any atom is -0.368 e. The molecule has 2 saturated heterocycles. The fourth-order valence-corrected chi connectivity index (χ4v) is 5.05. The lowest BCUT2D eigenvalue weighted by Crippen LogP contribution is -2.46. The molecule has 0 radical (unpaired) electrons. The lowest BCUT2D eigenvalue weighted by Gasteiger charge is -2.38. The molecule has 0 saturated carbocycles. The second-order valence-corrected chi connectivity index (χ2v) is 9.07. The number of fused-ring (bicyclic) bond motifs is 1. The number of nitrogens with zero attached hydrogens (tertiary/aromatic N) is 6. The topological polar surface area (TPSA) is 91.8 Å². The Hall–Kier alpha value is -3.28. The van der Waals surface area contributed by atoms with Gasteiger partial charge in [0.25, 0.3) is 0 Å². The second kappa shape index (κ2) is 9.06. The maximum atomic E-state index is 13.3. The van der Waals surface area contributed by atoms with Crippen LogP contribution in [0.2, 0.25) is 5.02 Å². The third-order valence-corrected chi connectivity index (χ3v) is 6.92. The number of piperazine rings is 1. The van der Waals surface area contributed by atoms with E-state index in [1.807, 2.05) is 14.7 Å². The van der Waals surface area contributed by atoms with Crippen LogP contribution in [0.5, 0.6) is 0 Å². The molecule has 35 heavy (non-hydrogen) atoms. The molecule has 0 spiro atoms. The van der Waals surface area contributed by atoms with E-state index in [-0.39, 0.29) is 16.2 Å². The summed E-state index contributed by atoms with van der Waals surface area (Å²) in [5.74, 6) is 0. The lowest BCUT2D eigenvalue weighted by molar-refractivity contribution is -0.382. The van der Waals surface area contributed by atoms with Crippen molar-refractivity contribution >= 4 is 45.4 Å². The Morgan fingerprint density at radius 1 is 0.886 bits per heavy atom. The Bertz CT molecular complexity index is 1250. The molecule has 1 aromatic heterocycles. The number of nitro groups is 1. The summed E-state index contributed by atoms with van der Waals surface area (Å²) in [6.07, 6.45) is -1.57. The van der Waals surface area contributed by atoms with E-state index >= 15 is 0 Å². The molecule has 3 aromatic rings. The van der Waals surface area contributed by atoms with Crippen molar-refractivity contribution in [2.24, 2.45) is 0 Å². The molecule has 2 aliphatic heterocycles. The summed E-state index contributed by atoms with van der Waals surface area (Å²) in [4.78, 5) is 17.4. The Morgan fingerprint density at radius 3 is 2.17 bits per heavy atom. The molecule has 186 valence electrons. The van der Waals surface area contributed by atoms with Crippen molar-refractivity contribution < 1.29 is 22.7 Å². The van der Waals surface area contributed by atoms with Gasteiger partial charge in [-0.2, -0.15) is 13.2 Å². The van der Waals surface area contributed by atoms with Crippen molar-refractivity contribution in [3.63, 3.8) is 0 Å². The second-order valence-electron chi connectivity index (χ2n) is 8.67. The average molecular weight is 511 g/mol. The number of benzene rings is 2. The first kappa shape index (κ1) is 23.5. The molecular formula is C22H22ClF3N6O3. The number of aromatic nitrogens is 2. The summed E-state index contributed by atoms with van der Waals surface area (Å²) < 4.78 is 44.8. The Morgan fingerprint density at radius 2 is 1.51 bits per heavy atom. The number of hydrogen-bond donors (Lipinski definition) is 0. The van der Waals surface area contributed by atoms with Crippen molar-refractivity contribution in [1.29, 1.82) is 0 Å². The minimum absolute atomic E-state index is 0.100. The zero-order chi connectivity index (χ0) is 24.7. The summed E-state index contributed by atoms with van der Waals surface area (Å²) >= 11 is 5.76. The Balaban J connectivity index is 1.44. The van der Waals surface area contributed by atoms with Gasteiger partial charge in [-0.1, -0.05) is 11.6 Å². The quantitative estimate of drug-likeness (QED) is 0.353. The molecule has 2 aromatic carbocycles. The molecule has 3 heterocycles. The van der Waals surface area contributed by atoms with Crippen LogP contribution in [0.25, 0.3) is 11.0 Å². The van der Waals surface area contributed by atoms with Gasteiger partial charge in [-0.25, -0.2) is 4.63 Å². The Kier molecular flexibility index (Phi) is 6.07. The lowest BCUT2D eigenvalue weighted by atomic mass is 10.1. The van der Waals surface area contributed by atoms with Crippen LogP contribution in [0.3, 0.4) is 0 Å². The highest BCUT2D eigenvalue weighted by Gasteiger charge is 2.35. The zero-order valence-electron chi connectivity index (χ0n) is 18.6. The standard InChI is InChI=1S/C22H22ClF3N6O3/c23-16-5-4-14(12-15(16)22(24,25)26)29-8-10-31(11-9-29)17-13-18(30-6-2-1-3-7-30)21(32(33)34)20-19(17)27-35-28-20/h4-5,12-13H,1-3,6-11H2. The van der Waals surface area contributed by atoms with Crippen LogP contribution < -0.4 is 14.7 Å². The van der Waals surface area contributed by atoms with Crippen LogP contribution in [0.15, 0.2) is 28.9 Å². The molecule has 9 nitrogen and oxygen atoms in total. The van der Waals surface area contributed by atoms with Crippen LogP contribution in [-0.2, 0) is 6.18 Å². The first-order chi connectivity index (χ1) is 16.7. The van der Waals surface area contributed by atoms with Crippen molar-refractivity contribution in [2.45, 2.75) is 25.4 Å². The van der Waals surface area contributed by atoms with Gasteiger partial charge in [-0.15, -0.1) is 0 Å². The van der Waals surface area contributed by atoms with Crippen molar-refractivity contribution in [2.75, 3.05) is 54.0 Å². The van der Waals surface area contributed by atoms with Gasteiger partial charge < -0.3 is 14.7 Å². The molecule has 13 heteroatoms. The number of halogens is 4. The highest BCUT2D eigenvalue weighted by atomic mass is 35.5. The van der Waals surface area contributed by atoms with Crippen LogP contribution in [0.1, 0.15) is 24.8 Å². The third-order valence-electron chi connectivity index (χ3n) is 6.59. The van der Waals surface area contributed by atoms with Gasteiger partial charge in [0.15, 0.2) is 5.52 Å². The fraction of sp³-hybridized carbons (Fsp3) is 0.455. The van der Waals surface area contributed by atoms with Gasteiger partial charge in [-0.05, 0) is 53.8 Å². The summed E-state index contributed by atoms with van der Waals surface area (Å²) in [6.45, 7) is 3.27. The van der Waals surface area contributed by atoms with E-state index in [2.05, 4.69) is 10.3 Å². The number of nitro benzene ring substituents is 1. The third kappa shape index (κ3) is 4.42. The van der Waals surface area contributed by atoms with E-state index < -0.39 is 16.7 Å². The molecule has 0 aliphatic carbocycles. The summed E-state index contributed by atoms with van der Waals surface area (Å²) in [5.41, 5.74) is 1.01. The monoisotopic (exact) mass is 510 g/mol. The number of rotatable bonds is 4. The van der Waals surface area contributed by atoms with E-state index in [0.29, 0.717) is 61.8 Å². The highest BCUT2D eigenvalue weighted by molar-refractivity contribution is 6.31. The maximum Gasteiger partial charge on any atom is 0.417 e. The molecular weight excluding hydrogens is 489 g/mol. The molecule has 0 bridgehead atoms. The summed E-state index contributed by atoms with van der Waals surface area (Å²) in [7, 11) is 0. The molecule has 0 atom stereocenters. The largest absolute Gasteiger partial charge is 0.417 e. The summed E-state index contributed by atoms with van der Waals surface area (Å²) in [6, 6.07) is 5.68. The molecule has 0 unspecified atom stereocenters. The maximum absolute atomic E-state index is 13.3. The highest BCUT2D eigenvalue weighted by Crippen LogP contribution is 2.42. The van der Waals surface area contributed by atoms with Crippen LogP contribution in [0, 0.1) is 10.1 Å². The van der Waals surface area contributed by atoms with Gasteiger partial charge in [0.05, 0.1) is 21.2 Å². The number of hydrogen-bond acceptors (Lipinski definition) is 8. The predicted octanol–water partition coefficient (Wildman–Crippen LogP) is 5.12. The molecule has 5 rings (SSSR count). The van der Waals surface area contributed by atoms with E-state index in [1.54, 1.807) is 12.1 Å². The average Bonchev–Trinajstić information content (AvgIpc) is 3.33. The van der Waals surface area contributed by atoms with Crippen molar-refractivity contribution in [3.05, 3.63) is 45.0 Å². The number of alkyl halides is 3. The SMILES string of the molecule is O=[N+]([O-])c1c(N2CCCCC2)cc(N2CCN(c3ccc(Cl)c(C(F)(F)F)c3)CC2)c2nonc12. The van der Waals surface area contributed by atoms with Gasteiger partial charge in [0.1, 0.15) is 5.69 Å². The Labute approximate surface area is 203 Å². The molecule has 2 aliphatic rings. The molecule has 0 N–H and O–H groups in total. The van der Waals surface area contributed by atoms with Gasteiger partial charge in [0, 0.05) is 45.0 Å². The predicted molar refractivity (Wildman–Crippen MR) is 125 cm³/mol.